The Kier molecular flexibility index (Phi) is 5.80. The van der Waals surface area contributed by atoms with Crippen LogP contribution in [0.2, 0.25) is 0 Å². The van der Waals surface area contributed by atoms with Gasteiger partial charge in [-0.15, -0.1) is 0 Å². The Morgan fingerprint density at radius 1 is 1.00 bits per heavy atom. The Bertz CT molecular complexity index is 1570. The van der Waals surface area contributed by atoms with Crippen molar-refractivity contribution in [3.63, 3.8) is 0 Å². The molecule has 36 heavy (non-hydrogen) atoms. The molecule has 0 bridgehead atoms. The Morgan fingerprint density at radius 3 is 2.58 bits per heavy atom. The minimum Gasteiger partial charge on any atom is -0.338 e. The highest BCUT2D eigenvalue weighted by molar-refractivity contribution is 6.04. The highest BCUT2D eigenvalue weighted by Crippen LogP contribution is 2.31. The fraction of sp³-hybridized carbons (Fsp3) is 0.0800. The lowest BCUT2D eigenvalue weighted by Crippen LogP contribution is -2.14. The third-order valence-electron chi connectivity index (χ3n) is 5.42. The maximum absolute atomic E-state index is 13.0. The number of amides is 1. The van der Waals surface area contributed by atoms with E-state index < -0.39 is 17.6 Å². The summed E-state index contributed by atoms with van der Waals surface area (Å²) in [6.45, 7) is 1.87. The van der Waals surface area contributed by atoms with Gasteiger partial charge in [0.05, 0.1) is 11.9 Å². The fourth-order valence-electron chi connectivity index (χ4n) is 3.55. The minimum atomic E-state index is -4.54. The summed E-state index contributed by atoms with van der Waals surface area (Å²) in [5.74, 6) is 0.244. The van der Waals surface area contributed by atoms with E-state index in [9.17, 15) is 18.0 Å². The van der Waals surface area contributed by atoms with E-state index in [-0.39, 0.29) is 5.56 Å². The minimum absolute atomic E-state index is 0.101. The molecule has 1 amide bonds. The topological polar surface area (TPSA) is 108 Å². The quantitative estimate of drug-likeness (QED) is 0.291. The van der Waals surface area contributed by atoms with E-state index in [4.69, 9.17) is 0 Å². The standard InChI is InChI=1S/C25H18F3N7O/c1-14-5-6-18(32-24(36)16-3-2-4-17(11-16)25(26,27)28)12-19(14)33-23-20-22(31-13-30-20)34-21(35-23)15-7-9-29-10-8-15/h2-13H,1H3,(H,32,36)(H2,30,31,33,34,35). The molecule has 3 aromatic heterocycles. The van der Waals surface area contributed by atoms with Gasteiger partial charge < -0.3 is 15.6 Å². The van der Waals surface area contributed by atoms with Crippen LogP contribution in [0.1, 0.15) is 21.5 Å². The molecule has 0 aliphatic carbocycles. The maximum Gasteiger partial charge on any atom is 0.416 e. The first-order valence-corrected chi connectivity index (χ1v) is 10.8. The van der Waals surface area contributed by atoms with E-state index in [0.29, 0.717) is 34.2 Å². The number of carbonyl (C=O) groups excluding carboxylic acids is 1. The molecule has 0 saturated heterocycles. The van der Waals surface area contributed by atoms with Gasteiger partial charge in [-0.3, -0.25) is 9.78 Å². The van der Waals surface area contributed by atoms with Crippen LogP contribution in [0.3, 0.4) is 0 Å². The van der Waals surface area contributed by atoms with Gasteiger partial charge in [-0.1, -0.05) is 12.1 Å². The number of anilines is 3. The molecular formula is C25H18F3N7O. The molecule has 0 atom stereocenters. The predicted molar refractivity (Wildman–Crippen MR) is 129 cm³/mol. The molecular weight excluding hydrogens is 471 g/mol. The number of H-pyrrole nitrogens is 1. The summed E-state index contributed by atoms with van der Waals surface area (Å²) < 4.78 is 39.1. The third kappa shape index (κ3) is 4.71. The number of nitrogens with one attached hydrogen (secondary N) is 3. The molecule has 3 heterocycles. The van der Waals surface area contributed by atoms with E-state index in [1.54, 1.807) is 42.7 Å². The molecule has 0 fully saturated rings. The van der Waals surface area contributed by atoms with Crippen LogP contribution < -0.4 is 10.6 Å². The van der Waals surface area contributed by atoms with Crippen LogP contribution in [0.5, 0.6) is 0 Å². The van der Waals surface area contributed by atoms with Gasteiger partial charge in [0.25, 0.3) is 5.91 Å². The number of halogens is 3. The Morgan fingerprint density at radius 2 is 1.81 bits per heavy atom. The lowest BCUT2D eigenvalue weighted by atomic mass is 10.1. The van der Waals surface area contributed by atoms with Crippen molar-refractivity contribution in [2.45, 2.75) is 13.1 Å². The number of hydrogen-bond donors (Lipinski definition) is 3. The summed E-state index contributed by atoms with van der Waals surface area (Å²) in [5, 5.41) is 5.90. The number of hydrogen-bond acceptors (Lipinski definition) is 6. The van der Waals surface area contributed by atoms with Gasteiger partial charge in [-0.05, 0) is 55.0 Å². The second kappa shape index (κ2) is 9.10. The second-order valence-electron chi connectivity index (χ2n) is 7.92. The molecule has 0 aliphatic heterocycles. The number of imidazole rings is 1. The van der Waals surface area contributed by atoms with Crippen LogP contribution in [0.4, 0.5) is 30.4 Å². The zero-order valence-electron chi connectivity index (χ0n) is 18.8. The average Bonchev–Trinajstić information content (AvgIpc) is 3.35. The van der Waals surface area contributed by atoms with Gasteiger partial charge in [0.15, 0.2) is 22.8 Å². The molecule has 0 spiro atoms. The molecule has 11 heteroatoms. The van der Waals surface area contributed by atoms with Crippen molar-refractivity contribution in [3.05, 3.63) is 90.0 Å². The van der Waals surface area contributed by atoms with Crippen molar-refractivity contribution in [1.82, 2.24) is 24.9 Å². The highest BCUT2D eigenvalue weighted by Gasteiger charge is 2.30. The van der Waals surface area contributed by atoms with E-state index in [1.807, 2.05) is 6.92 Å². The number of benzene rings is 2. The van der Waals surface area contributed by atoms with Crippen molar-refractivity contribution in [2.24, 2.45) is 0 Å². The molecule has 3 N–H and O–H groups in total. The van der Waals surface area contributed by atoms with Crippen LogP contribution in [0.25, 0.3) is 22.6 Å². The van der Waals surface area contributed by atoms with Gasteiger partial charge >= 0.3 is 6.18 Å². The molecule has 5 rings (SSSR count). The number of alkyl halides is 3. The number of nitrogens with zero attached hydrogens (tertiary/aromatic N) is 4. The number of rotatable bonds is 5. The van der Waals surface area contributed by atoms with Crippen molar-refractivity contribution >= 4 is 34.3 Å². The molecule has 0 saturated carbocycles. The van der Waals surface area contributed by atoms with Gasteiger partial charge in [0.1, 0.15) is 0 Å². The first kappa shape index (κ1) is 23.0. The van der Waals surface area contributed by atoms with Crippen LogP contribution in [0, 0.1) is 6.92 Å². The molecule has 2 aromatic carbocycles. The second-order valence-corrected chi connectivity index (χ2v) is 7.92. The van der Waals surface area contributed by atoms with Gasteiger partial charge in [0.2, 0.25) is 0 Å². The molecule has 8 nitrogen and oxygen atoms in total. The van der Waals surface area contributed by atoms with Crippen molar-refractivity contribution in [3.8, 4) is 11.4 Å². The molecule has 0 unspecified atom stereocenters. The van der Waals surface area contributed by atoms with Crippen molar-refractivity contribution < 1.29 is 18.0 Å². The summed E-state index contributed by atoms with van der Waals surface area (Å²) in [6, 6.07) is 13.0. The average molecular weight is 489 g/mol. The number of aromatic amines is 1. The summed E-state index contributed by atoms with van der Waals surface area (Å²) in [7, 11) is 0. The summed E-state index contributed by atoms with van der Waals surface area (Å²) in [6.07, 6.45) is 0.258. The lowest BCUT2D eigenvalue weighted by Gasteiger charge is -2.13. The van der Waals surface area contributed by atoms with E-state index in [1.165, 1.54) is 18.5 Å². The van der Waals surface area contributed by atoms with Gasteiger partial charge in [-0.2, -0.15) is 13.2 Å². The Labute approximate surface area is 202 Å². The van der Waals surface area contributed by atoms with Crippen LogP contribution in [-0.4, -0.2) is 30.8 Å². The summed E-state index contributed by atoms with van der Waals surface area (Å²) in [5.41, 5.74) is 2.70. The first-order chi connectivity index (χ1) is 17.3. The van der Waals surface area contributed by atoms with E-state index >= 15 is 0 Å². The van der Waals surface area contributed by atoms with Crippen molar-refractivity contribution in [2.75, 3.05) is 10.6 Å². The van der Waals surface area contributed by atoms with Crippen LogP contribution in [-0.2, 0) is 6.18 Å². The van der Waals surface area contributed by atoms with Crippen LogP contribution in [0.15, 0.2) is 73.3 Å². The van der Waals surface area contributed by atoms with Crippen LogP contribution >= 0.6 is 0 Å². The predicted octanol–water partition coefficient (Wildman–Crippen LogP) is 5.74. The van der Waals surface area contributed by atoms with Crippen molar-refractivity contribution in [1.29, 1.82) is 0 Å². The monoisotopic (exact) mass is 489 g/mol. The van der Waals surface area contributed by atoms with E-state index in [2.05, 4.69) is 35.6 Å². The largest absolute Gasteiger partial charge is 0.416 e. The lowest BCUT2D eigenvalue weighted by molar-refractivity contribution is -0.137. The number of fused-ring (bicyclic) bond motifs is 1. The zero-order valence-corrected chi connectivity index (χ0v) is 18.8. The molecule has 0 radical (unpaired) electrons. The van der Waals surface area contributed by atoms with Gasteiger partial charge in [-0.25, -0.2) is 15.0 Å². The van der Waals surface area contributed by atoms with Gasteiger partial charge in [0, 0.05) is 34.9 Å². The Balaban J connectivity index is 1.44. The number of pyridine rings is 1. The highest BCUT2D eigenvalue weighted by atomic mass is 19.4. The normalized spacial score (nSPS) is 11.4. The first-order valence-electron chi connectivity index (χ1n) is 10.8. The SMILES string of the molecule is Cc1ccc(NC(=O)c2cccc(C(F)(F)F)c2)cc1Nc1nc(-c2ccncc2)nc2[nH]cnc12. The summed E-state index contributed by atoms with van der Waals surface area (Å²) >= 11 is 0. The Hall–Kier alpha value is -4.80. The third-order valence-corrected chi connectivity index (χ3v) is 5.42. The number of aryl methyl sites for hydroxylation is 1. The molecule has 180 valence electrons. The summed E-state index contributed by atoms with van der Waals surface area (Å²) in [4.78, 5) is 33.1. The number of aromatic nitrogens is 5. The van der Waals surface area contributed by atoms with E-state index in [0.717, 1.165) is 23.3 Å². The molecule has 5 aromatic rings. The fourth-order valence-corrected chi connectivity index (χ4v) is 3.55. The zero-order chi connectivity index (χ0) is 25.3. The molecule has 0 aliphatic rings. The maximum atomic E-state index is 13.0. The smallest absolute Gasteiger partial charge is 0.338 e. The number of carbonyl (C=O) groups is 1.